The molecule has 1 atom stereocenters. The van der Waals surface area contributed by atoms with Crippen LogP contribution in [0.5, 0.6) is 0 Å². The summed E-state index contributed by atoms with van der Waals surface area (Å²) in [4.78, 5) is 3.21. The van der Waals surface area contributed by atoms with E-state index in [0.29, 0.717) is 6.04 Å². The zero-order chi connectivity index (χ0) is 13.7. The molecule has 108 valence electrons. The fourth-order valence-electron chi connectivity index (χ4n) is 2.82. The average Bonchev–Trinajstić information content (AvgIpc) is 2.81. The van der Waals surface area contributed by atoms with Crippen LogP contribution in [-0.2, 0) is 12.8 Å². The largest absolute Gasteiger partial charge is 0.309 e. The van der Waals surface area contributed by atoms with Crippen LogP contribution >= 0.6 is 11.3 Å². The van der Waals surface area contributed by atoms with Crippen molar-refractivity contribution in [3.8, 4) is 0 Å². The van der Waals surface area contributed by atoms with Gasteiger partial charge in [0.25, 0.3) is 0 Å². The van der Waals surface area contributed by atoms with Crippen LogP contribution in [0.3, 0.4) is 0 Å². The summed E-state index contributed by atoms with van der Waals surface area (Å²) in [7, 11) is 0. The van der Waals surface area contributed by atoms with E-state index in [2.05, 4.69) is 32.2 Å². The van der Waals surface area contributed by atoms with Gasteiger partial charge in [-0.05, 0) is 63.1 Å². The Morgan fingerprint density at radius 2 is 1.95 bits per heavy atom. The van der Waals surface area contributed by atoms with E-state index < -0.39 is 0 Å². The molecule has 2 rings (SSSR count). The van der Waals surface area contributed by atoms with Crippen LogP contribution in [0.25, 0.3) is 0 Å². The lowest BCUT2D eigenvalue weighted by atomic mass is 9.99. The Bertz CT molecular complexity index is 357. The number of thiophene rings is 1. The molecule has 1 aliphatic carbocycles. The molecule has 2 heteroatoms. The van der Waals surface area contributed by atoms with Gasteiger partial charge in [0.2, 0.25) is 0 Å². The lowest BCUT2D eigenvalue weighted by molar-refractivity contribution is 0.500. The lowest BCUT2D eigenvalue weighted by Crippen LogP contribution is -2.19. The predicted octanol–water partition coefficient (Wildman–Crippen LogP) is 5.10. The van der Waals surface area contributed by atoms with Crippen molar-refractivity contribution >= 4 is 11.3 Å². The van der Waals surface area contributed by atoms with Crippen LogP contribution in [0, 0.1) is 5.92 Å². The Morgan fingerprint density at radius 1 is 1.16 bits per heavy atom. The van der Waals surface area contributed by atoms with Gasteiger partial charge in [-0.1, -0.05) is 26.7 Å². The molecule has 0 fully saturated rings. The minimum Gasteiger partial charge on any atom is -0.309 e. The fourth-order valence-corrected chi connectivity index (χ4v) is 4.11. The van der Waals surface area contributed by atoms with Gasteiger partial charge >= 0.3 is 0 Å². The summed E-state index contributed by atoms with van der Waals surface area (Å²) in [5, 5.41) is 3.69. The predicted molar refractivity (Wildman–Crippen MR) is 86.1 cm³/mol. The fraction of sp³-hybridized carbons (Fsp3) is 0.765. The Kier molecular flexibility index (Phi) is 5.90. The van der Waals surface area contributed by atoms with Gasteiger partial charge in [0, 0.05) is 15.8 Å². The number of fused-ring (bicyclic) bond motifs is 1. The van der Waals surface area contributed by atoms with Gasteiger partial charge in [0.1, 0.15) is 0 Å². The SMILES string of the molecule is CC(C)CCCCNC(C)c1cc2c(s1)CCCC2. The van der Waals surface area contributed by atoms with Crippen molar-refractivity contribution in [1.82, 2.24) is 5.32 Å². The minimum atomic E-state index is 0.537. The highest BCUT2D eigenvalue weighted by Crippen LogP contribution is 2.32. The molecule has 1 heterocycles. The van der Waals surface area contributed by atoms with E-state index in [0.717, 1.165) is 12.5 Å². The van der Waals surface area contributed by atoms with Crippen LogP contribution in [0.4, 0.5) is 0 Å². The van der Waals surface area contributed by atoms with Crippen molar-refractivity contribution in [2.24, 2.45) is 5.92 Å². The highest BCUT2D eigenvalue weighted by molar-refractivity contribution is 7.12. The highest BCUT2D eigenvalue weighted by atomic mass is 32.1. The lowest BCUT2D eigenvalue weighted by Gasteiger charge is -2.12. The van der Waals surface area contributed by atoms with Crippen LogP contribution in [0.15, 0.2) is 6.07 Å². The summed E-state index contributed by atoms with van der Waals surface area (Å²) >= 11 is 2.05. The number of hydrogen-bond donors (Lipinski definition) is 1. The monoisotopic (exact) mass is 279 g/mol. The van der Waals surface area contributed by atoms with E-state index in [1.165, 1.54) is 44.9 Å². The van der Waals surface area contributed by atoms with Crippen LogP contribution in [0.2, 0.25) is 0 Å². The van der Waals surface area contributed by atoms with Crippen molar-refractivity contribution in [3.63, 3.8) is 0 Å². The molecule has 0 radical (unpaired) electrons. The number of unbranched alkanes of at least 4 members (excludes halogenated alkanes) is 1. The molecule has 0 saturated heterocycles. The molecule has 0 bridgehead atoms. The van der Waals surface area contributed by atoms with Crippen molar-refractivity contribution in [3.05, 3.63) is 21.4 Å². The highest BCUT2D eigenvalue weighted by Gasteiger charge is 2.16. The second-order valence-electron chi connectivity index (χ2n) is 6.37. The summed E-state index contributed by atoms with van der Waals surface area (Å²) in [6.45, 7) is 8.11. The standard InChI is InChI=1S/C17H29NS/c1-13(2)8-6-7-11-18-14(3)17-12-15-9-4-5-10-16(15)19-17/h12-14,18H,4-11H2,1-3H3. The maximum Gasteiger partial charge on any atom is 0.0386 e. The van der Waals surface area contributed by atoms with Crippen LogP contribution < -0.4 is 5.32 Å². The second-order valence-corrected chi connectivity index (χ2v) is 7.54. The smallest absolute Gasteiger partial charge is 0.0386 e. The maximum absolute atomic E-state index is 3.69. The number of rotatable bonds is 7. The average molecular weight is 279 g/mol. The zero-order valence-corrected chi connectivity index (χ0v) is 13.6. The molecule has 0 saturated carbocycles. The molecule has 0 spiro atoms. The van der Waals surface area contributed by atoms with E-state index in [1.807, 2.05) is 11.3 Å². The second kappa shape index (κ2) is 7.44. The molecular weight excluding hydrogens is 250 g/mol. The van der Waals surface area contributed by atoms with Gasteiger partial charge in [-0.15, -0.1) is 11.3 Å². The molecule has 1 aromatic heterocycles. The number of hydrogen-bond acceptors (Lipinski definition) is 2. The number of aryl methyl sites for hydroxylation is 2. The first kappa shape index (κ1) is 15.1. The quantitative estimate of drug-likeness (QED) is 0.684. The van der Waals surface area contributed by atoms with E-state index in [-0.39, 0.29) is 0 Å². The van der Waals surface area contributed by atoms with Gasteiger partial charge in [0.05, 0.1) is 0 Å². The Balaban J connectivity index is 1.73. The van der Waals surface area contributed by atoms with Crippen molar-refractivity contribution in [1.29, 1.82) is 0 Å². The summed E-state index contributed by atoms with van der Waals surface area (Å²) in [6, 6.07) is 3.00. The van der Waals surface area contributed by atoms with Gasteiger partial charge in [-0.3, -0.25) is 0 Å². The first-order valence-electron chi connectivity index (χ1n) is 8.01. The van der Waals surface area contributed by atoms with Gasteiger partial charge in [-0.25, -0.2) is 0 Å². The topological polar surface area (TPSA) is 12.0 Å². The number of nitrogens with one attached hydrogen (secondary N) is 1. The van der Waals surface area contributed by atoms with E-state index in [9.17, 15) is 0 Å². The molecular formula is C17H29NS. The minimum absolute atomic E-state index is 0.537. The zero-order valence-electron chi connectivity index (χ0n) is 12.8. The third-order valence-corrected chi connectivity index (χ3v) is 5.52. The summed E-state index contributed by atoms with van der Waals surface area (Å²) in [5.41, 5.74) is 1.64. The Labute approximate surface area is 122 Å². The first-order valence-corrected chi connectivity index (χ1v) is 8.83. The van der Waals surface area contributed by atoms with Crippen molar-refractivity contribution < 1.29 is 0 Å². The van der Waals surface area contributed by atoms with Crippen LogP contribution in [0.1, 0.15) is 74.2 Å². The molecule has 19 heavy (non-hydrogen) atoms. The summed E-state index contributed by atoms with van der Waals surface area (Å²) in [6.07, 6.45) is 9.45. The third-order valence-electron chi connectivity index (χ3n) is 4.10. The molecule has 1 N–H and O–H groups in total. The maximum atomic E-state index is 3.69. The molecule has 0 aliphatic heterocycles. The van der Waals surface area contributed by atoms with Gasteiger partial charge in [0.15, 0.2) is 0 Å². The van der Waals surface area contributed by atoms with Gasteiger partial charge < -0.3 is 5.32 Å². The molecule has 0 amide bonds. The molecule has 1 unspecified atom stereocenters. The molecule has 0 aromatic carbocycles. The van der Waals surface area contributed by atoms with Crippen LogP contribution in [-0.4, -0.2) is 6.54 Å². The normalized spacial score (nSPS) is 16.6. The van der Waals surface area contributed by atoms with Crippen molar-refractivity contribution in [2.45, 2.75) is 71.8 Å². The molecule has 1 nitrogen and oxygen atoms in total. The molecule has 1 aliphatic rings. The molecule has 1 aromatic rings. The summed E-state index contributed by atoms with van der Waals surface area (Å²) in [5.74, 6) is 0.849. The Morgan fingerprint density at radius 3 is 2.68 bits per heavy atom. The summed E-state index contributed by atoms with van der Waals surface area (Å²) < 4.78 is 0. The van der Waals surface area contributed by atoms with E-state index in [4.69, 9.17) is 0 Å². The first-order chi connectivity index (χ1) is 9.16. The van der Waals surface area contributed by atoms with E-state index in [1.54, 1.807) is 15.3 Å². The Hall–Kier alpha value is -0.340. The van der Waals surface area contributed by atoms with Crippen molar-refractivity contribution in [2.75, 3.05) is 6.54 Å². The third kappa shape index (κ3) is 4.61. The van der Waals surface area contributed by atoms with E-state index >= 15 is 0 Å². The van der Waals surface area contributed by atoms with Gasteiger partial charge in [-0.2, -0.15) is 0 Å².